The highest BCUT2D eigenvalue weighted by atomic mass is 35.5. The molecular weight excluding hydrogens is 410 g/mol. The SMILES string of the molecule is COC(=O)c1ccc(Cl)c(NC(=O)c2cc([N+](=O)[O-])ccc2N2CCC(C)CC2)c1. The molecule has 8 nitrogen and oxygen atoms in total. The summed E-state index contributed by atoms with van der Waals surface area (Å²) in [7, 11) is 1.25. The molecule has 1 aliphatic heterocycles. The number of nitro benzene ring substituents is 1. The molecule has 1 amide bonds. The molecule has 1 saturated heterocycles. The topological polar surface area (TPSA) is 102 Å². The third-order valence-electron chi connectivity index (χ3n) is 5.20. The second-order valence-electron chi connectivity index (χ2n) is 7.27. The molecule has 158 valence electrons. The number of rotatable bonds is 5. The summed E-state index contributed by atoms with van der Waals surface area (Å²) in [5.41, 5.74) is 1.07. The Balaban J connectivity index is 1.95. The summed E-state index contributed by atoms with van der Waals surface area (Å²) >= 11 is 6.18. The number of carbonyl (C=O) groups excluding carboxylic acids is 2. The number of nitrogens with one attached hydrogen (secondary N) is 1. The number of hydrogen-bond acceptors (Lipinski definition) is 6. The van der Waals surface area contributed by atoms with Gasteiger partial charge in [-0.3, -0.25) is 14.9 Å². The summed E-state index contributed by atoms with van der Waals surface area (Å²) in [6.07, 6.45) is 1.95. The van der Waals surface area contributed by atoms with Crippen molar-refractivity contribution in [1.82, 2.24) is 0 Å². The summed E-state index contributed by atoms with van der Waals surface area (Å²) in [5, 5.41) is 14.2. The van der Waals surface area contributed by atoms with E-state index < -0.39 is 16.8 Å². The van der Waals surface area contributed by atoms with Gasteiger partial charge in [-0.05, 0) is 43.0 Å². The number of nitrogens with zero attached hydrogens (tertiary/aromatic N) is 2. The highest BCUT2D eigenvalue weighted by Gasteiger charge is 2.24. The molecule has 1 heterocycles. The third kappa shape index (κ3) is 4.71. The minimum atomic E-state index is -0.569. The van der Waals surface area contributed by atoms with E-state index in [9.17, 15) is 19.7 Å². The first kappa shape index (κ1) is 21.6. The van der Waals surface area contributed by atoms with Crippen LogP contribution in [0, 0.1) is 16.0 Å². The van der Waals surface area contributed by atoms with Crippen LogP contribution in [0.5, 0.6) is 0 Å². The zero-order valence-corrected chi connectivity index (χ0v) is 17.4. The molecule has 0 spiro atoms. The van der Waals surface area contributed by atoms with Crippen LogP contribution in [0.1, 0.15) is 40.5 Å². The molecule has 0 bridgehead atoms. The Morgan fingerprint density at radius 3 is 2.53 bits per heavy atom. The normalized spacial score (nSPS) is 14.3. The second-order valence-corrected chi connectivity index (χ2v) is 7.68. The van der Waals surface area contributed by atoms with Crippen molar-refractivity contribution in [1.29, 1.82) is 0 Å². The Morgan fingerprint density at radius 1 is 1.20 bits per heavy atom. The molecule has 1 aliphatic rings. The van der Waals surface area contributed by atoms with Gasteiger partial charge in [-0.1, -0.05) is 18.5 Å². The number of anilines is 2. The van der Waals surface area contributed by atoms with Gasteiger partial charge in [-0.25, -0.2) is 4.79 Å². The quantitative estimate of drug-likeness (QED) is 0.424. The lowest BCUT2D eigenvalue weighted by atomic mass is 9.98. The maximum absolute atomic E-state index is 13.1. The van der Waals surface area contributed by atoms with Crippen LogP contribution in [-0.2, 0) is 4.74 Å². The number of piperidine rings is 1. The van der Waals surface area contributed by atoms with Crippen LogP contribution in [-0.4, -0.2) is 37.0 Å². The maximum Gasteiger partial charge on any atom is 0.337 e. The van der Waals surface area contributed by atoms with Crippen molar-refractivity contribution >= 4 is 40.5 Å². The molecule has 2 aromatic carbocycles. The monoisotopic (exact) mass is 431 g/mol. The highest BCUT2D eigenvalue weighted by Crippen LogP contribution is 2.31. The lowest BCUT2D eigenvalue weighted by molar-refractivity contribution is -0.384. The molecule has 0 saturated carbocycles. The van der Waals surface area contributed by atoms with Crippen LogP contribution < -0.4 is 10.2 Å². The van der Waals surface area contributed by atoms with Gasteiger partial charge in [0.2, 0.25) is 0 Å². The van der Waals surface area contributed by atoms with Gasteiger partial charge in [0.1, 0.15) is 0 Å². The minimum absolute atomic E-state index is 0.177. The van der Waals surface area contributed by atoms with E-state index >= 15 is 0 Å². The zero-order chi connectivity index (χ0) is 21.8. The molecule has 2 aromatic rings. The number of nitro groups is 1. The van der Waals surface area contributed by atoms with Crippen molar-refractivity contribution in [2.24, 2.45) is 5.92 Å². The Hall–Kier alpha value is -3.13. The first-order valence-electron chi connectivity index (χ1n) is 9.52. The molecule has 0 radical (unpaired) electrons. The standard InChI is InChI=1S/C21H22ClN3O5/c1-13-7-9-24(10-8-13)19-6-4-15(25(28)29)12-16(19)20(26)23-18-11-14(21(27)30-2)3-5-17(18)22/h3-6,11-13H,7-10H2,1-2H3,(H,23,26). The fourth-order valence-corrected chi connectivity index (χ4v) is 3.57. The summed E-state index contributed by atoms with van der Waals surface area (Å²) in [5.74, 6) is -0.520. The van der Waals surface area contributed by atoms with Gasteiger partial charge in [0.15, 0.2) is 0 Å². The van der Waals surface area contributed by atoms with E-state index in [1.165, 1.54) is 37.4 Å². The van der Waals surface area contributed by atoms with Crippen molar-refractivity contribution in [3.8, 4) is 0 Å². The smallest absolute Gasteiger partial charge is 0.337 e. The van der Waals surface area contributed by atoms with Crippen LogP contribution in [0.15, 0.2) is 36.4 Å². The molecule has 1 fully saturated rings. The molecule has 0 aliphatic carbocycles. The fraction of sp³-hybridized carbons (Fsp3) is 0.333. The van der Waals surface area contributed by atoms with Gasteiger partial charge in [0.25, 0.3) is 11.6 Å². The van der Waals surface area contributed by atoms with Gasteiger partial charge in [-0.2, -0.15) is 0 Å². The van der Waals surface area contributed by atoms with Crippen molar-refractivity contribution in [2.75, 3.05) is 30.4 Å². The predicted molar refractivity (Wildman–Crippen MR) is 114 cm³/mol. The molecule has 30 heavy (non-hydrogen) atoms. The average molecular weight is 432 g/mol. The van der Waals surface area contributed by atoms with E-state index in [2.05, 4.69) is 17.1 Å². The first-order valence-corrected chi connectivity index (χ1v) is 9.90. The Morgan fingerprint density at radius 2 is 1.90 bits per heavy atom. The van der Waals surface area contributed by atoms with Crippen LogP contribution in [0.2, 0.25) is 5.02 Å². The van der Waals surface area contributed by atoms with Crippen LogP contribution in [0.3, 0.4) is 0 Å². The molecule has 1 N–H and O–H groups in total. The number of halogens is 1. The summed E-state index contributed by atoms with van der Waals surface area (Å²) < 4.78 is 4.69. The van der Waals surface area contributed by atoms with E-state index in [-0.39, 0.29) is 27.5 Å². The number of carbonyl (C=O) groups is 2. The van der Waals surface area contributed by atoms with Crippen molar-refractivity contribution in [2.45, 2.75) is 19.8 Å². The van der Waals surface area contributed by atoms with Gasteiger partial charge < -0.3 is 15.0 Å². The van der Waals surface area contributed by atoms with E-state index in [1.54, 1.807) is 6.07 Å². The lowest BCUT2D eigenvalue weighted by Gasteiger charge is -2.33. The Bertz CT molecular complexity index is 987. The zero-order valence-electron chi connectivity index (χ0n) is 16.7. The number of non-ortho nitro benzene ring substituents is 1. The van der Waals surface area contributed by atoms with E-state index in [0.717, 1.165) is 25.9 Å². The second kappa shape index (κ2) is 9.13. The summed E-state index contributed by atoms with van der Waals surface area (Å²) in [4.78, 5) is 37.6. The van der Waals surface area contributed by atoms with Gasteiger partial charge in [0, 0.05) is 25.2 Å². The number of amides is 1. The van der Waals surface area contributed by atoms with Gasteiger partial charge >= 0.3 is 5.97 Å². The van der Waals surface area contributed by atoms with Crippen LogP contribution >= 0.6 is 11.6 Å². The average Bonchev–Trinajstić information content (AvgIpc) is 2.74. The minimum Gasteiger partial charge on any atom is -0.465 e. The Kier molecular flexibility index (Phi) is 6.56. The van der Waals surface area contributed by atoms with Crippen LogP contribution in [0.25, 0.3) is 0 Å². The van der Waals surface area contributed by atoms with Gasteiger partial charge in [0.05, 0.1) is 39.6 Å². The lowest BCUT2D eigenvalue weighted by Crippen LogP contribution is -2.34. The number of esters is 1. The van der Waals surface area contributed by atoms with Crippen molar-refractivity contribution < 1.29 is 19.2 Å². The maximum atomic E-state index is 13.1. The molecular formula is C21H22ClN3O5. The third-order valence-corrected chi connectivity index (χ3v) is 5.53. The van der Waals surface area contributed by atoms with E-state index in [1.807, 2.05) is 0 Å². The van der Waals surface area contributed by atoms with Crippen molar-refractivity contribution in [3.05, 3.63) is 62.7 Å². The van der Waals surface area contributed by atoms with Crippen molar-refractivity contribution in [3.63, 3.8) is 0 Å². The number of ether oxygens (including phenoxy) is 1. The molecule has 9 heteroatoms. The highest BCUT2D eigenvalue weighted by molar-refractivity contribution is 6.34. The molecule has 0 unspecified atom stereocenters. The largest absolute Gasteiger partial charge is 0.465 e. The van der Waals surface area contributed by atoms with E-state index in [4.69, 9.17) is 16.3 Å². The molecule has 0 atom stereocenters. The summed E-state index contributed by atoms with van der Waals surface area (Å²) in [6.45, 7) is 3.70. The number of benzene rings is 2. The number of methoxy groups -OCH3 is 1. The summed E-state index contributed by atoms with van der Waals surface area (Å²) in [6, 6.07) is 8.64. The van der Waals surface area contributed by atoms with Gasteiger partial charge in [-0.15, -0.1) is 0 Å². The molecule has 3 rings (SSSR count). The number of hydrogen-bond donors (Lipinski definition) is 1. The Labute approximate surface area is 178 Å². The first-order chi connectivity index (χ1) is 14.3. The molecule has 0 aromatic heterocycles. The van der Waals surface area contributed by atoms with E-state index in [0.29, 0.717) is 11.6 Å². The predicted octanol–water partition coefficient (Wildman–Crippen LogP) is 4.52. The van der Waals surface area contributed by atoms with Crippen LogP contribution in [0.4, 0.5) is 17.1 Å². The fourth-order valence-electron chi connectivity index (χ4n) is 3.40.